The molecule has 0 heterocycles. The summed E-state index contributed by atoms with van der Waals surface area (Å²) in [6.45, 7) is -0.0370. The van der Waals surface area contributed by atoms with Crippen molar-refractivity contribution >= 4 is 43.5 Å². The van der Waals surface area contributed by atoms with Crippen molar-refractivity contribution in [1.29, 1.82) is 0 Å². The molecule has 0 aliphatic heterocycles. The van der Waals surface area contributed by atoms with Gasteiger partial charge in [-0.2, -0.15) is 0 Å². The second-order valence-corrected chi connectivity index (χ2v) is 4.02. The summed E-state index contributed by atoms with van der Waals surface area (Å²) < 4.78 is 1.67. The monoisotopic (exact) mass is 298 g/mol. The second-order valence-electron chi connectivity index (χ2n) is 1.99. The zero-order valence-electron chi connectivity index (χ0n) is 5.44. The lowest BCUT2D eigenvalue weighted by Crippen LogP contribution is -1.85. The predicted molar refractivity (Wildman–Crippen MR) is 52.8 cm³/mol. The molecule has 60 valence electrons. The summed E-state index contributed by atoms with van der Waals surface area (Å²) in [4.78, 5) is 0. The molecule has 0 atom stereocenters. The van der Waals surface area contributed by atoms with E-state index in [1.165, 1.54) is 0 Å². The Balaban J connectivity index is 3.25. The van der Waals surface area contributed by atoms with E-state index in [9.17, 15) is 0 Å². The highest BCUT2D eigenvalue weighted by atomic mass is 79.9. The fourth-order valence-electron chi connectivity index (χ4n) is 0.688. The van der Waals surface area contributed by atoms with Crippen molar-refractivity contribution in [2.45, 2.75) is 6.61 Å². The Morgan fingerprint density at radius 2 is 2.00 bits per heavy atom. The molecule has 0 saturated heterocycles. The summed E-state index contributed by atoms with van der Waals surface area (Å²) in [7, 11) is 0. The molecule has 0 bridgehead atoms. The minimum atomic E-state index is -0.0370. The van der Waals surface area contributed by atoms with E-state index >= 15 is 0 Å². The Morgan fingerprint density at radius 1 is 1.36 bits per heavy atom. The van der Waals surface area contributed by atoms with Crippen LogP contribution in [0.15, 0.2) is 21.1 Å². The third kappa shape index (κ3) is 1.96. The van der Waals surface area contributed by atoms with E-state index in [2.05, 4.69) is 31.9 Å². The van der Waals surface area contributed by atoms with Crippen molar-refractivity contribution in [3.8, 4) is 0 Å². The molecule has 1 rings (SSSR count). The maximum Gasteiger partial charge on any atom is 0.0696 e. The molecule has 0 aliphatic rings. The fourth-order valence-corrected chi connectivity index (χ4v) is 1.74. The van der Waals surface area contributed by atoms with E-state index in [4.69, 9.17) is 16.7 Å². The fraction of sp³-hybridized carbons (Fsp3) is 0.143. The molecule has 0 spiro atoms. The first kappa shape index (κ1) is 9.52. The van der Waals surface area contributed by atoms with E-state index in [1.807, 2.05) is 6.07 Å². The first-order valence-corrected chi connectivity index (χ1v) is 4.86. The number of benzene rings is 1. The second kappa shape index (κ2) is 3.90. The van der Waals surface area contributed by atoms with Gasteiger partial charge in [0, 0.05) is 4.47 Å². The van der Waals surface area contributed by atoms with Gasteiger partial charge in [0.2, 0.25) is 0 Å². The molecule has 1 aromatic rings. The van der Waals surface area contributed by atoms with Gasteiger partial charge in [0.25, 0.3) is 0 Å². The van der Waals surface area contributed by atoms with Gasteiger partial charge in [0.1, 0.15) is 0 Å². The topological polar surface area (TPSA) is 20.2 Å². The van der Waals surface area contributed by atoms with E-state index in [1.54, 1.807) is 6.07 Å². The van der Waals surface area contributed by atoms with E-state index in [0.717, 1.165) is 14.5 Å². The number of halogens is 3. The Bertz CT molecular complexity index is 275. The smallest absolute Gasteiger partial charge is 0.0696 e. The van der Waals surface area contributed by atoms with Crippen LogP contribution in [0.4, 0.5) is 0 Å². The molecule has 0 radical (unpaired) electrons. The van der Waals surface area contributed by atoms with Crippen molar-refractivity contribution in [2.24, 2.45) is 0 Å². The number of aliphatic hydroxyl groups excluding tert-OH is 1. The lowest BCUT2D eigenvalue weighted by Gasteiger charge is -2.03. The molecular weight excluding hydrogens is 295 g/mol. The van der Waals surface area contributed by atoms with Crippen molar-refractivity contribution in [2.75, 3.05) is 0 Å². The summed E-state index contributed by atoms with van der Waals surface area (Å²) in [6, 6.07) is 3.61. The first-order valence-electron chi connectivity index (χ1n) is 2.90. The zero-order chi connectivity index (χ0) is 8.43. The van der Waals surface area contributed by atoms with Crippen LogP contribution < -0.4 is 0 Å². The van der Waals surface area contributed by atoms with Gasteiger partial charge in [-0.3, -0.25) is 0 Å². The third-order valence-corrected chi connectivity index (χ3v) is 3.96. The lowest BCUT2D eigenvalue weighted by molar-refractivity contribution is 0.282. The van der Waals surface area contributed by atoms with Crippen molar-refractivity contribution in [3.63, 3.8) is 0 Å². The first-order chi connectivity index (χ1) is 5.16. The minimum absolute atomic E-state index is 0.0370. The van der Waals surface area contributed by atoms with Gasteiger partial charge in [-0.15, -0.1) is 0 Å². The van der Waals surface area contributed by atoms with E-state index in [0.29, 0.717) is 5.02 Å². The van der Waals surface area contributed by atoms with Crippen LogP contribution in [0, 0.1) is 0 Å². The average molecular weight is 300 g/mol. The van der Waals surface area contributed by atoms with Crippen LogP contribution in [0.2, 0.25) is 5.02 Å². The SMILES string of the molecule is OCc1ccc(Br)c(Br)c1Cl. The molecule has 0 aromatic heterocycles. The molecule has 0 unspecified atom stereocenters. The number of rotatable bonds is 1. The average Bonchev–Trinajstić information content (AvgIpc) is 2.01. The van der Waals surface area contributed by atoms with Gasteiger partial charge < -0.3 is 5.11 Å². The third-order valence-electron chi connectivity index (χ3n) is 1.29. The summed E-state index contributed by atoms with van der Waals surface area (Å²) in [6.07, 6.45) is 0. The van der Waals surface area contributed by atoms with Crippen molar-refractivity contribution in [1.82, 2.24) is 0 Å². The van der Waals surface area contributed by atoms with Gasteiger partial charge in [0.05, 0.1) is 16.1 Å². The number of aliphatic hydroxyl groups is 1. The molecule has 1 N–H and O–H groups in total. The number of hydrogen-bond acceptors (Lipinski definition) is 1. The summed E-state index contributed by atoms with van der Waals surface area (Å²) in [5.74, 6) is 0. The van der Waals surface area contributed by atoms with Crippen LogP contribution in [-0.4, -0.2) is 5.11 Å². The predicted octanol–water partition coefficient (Wildman–Crippen LogP) is 3.36. The molecular formula is C7H5Br2ClO. The molecule has 0 fully saturated rings. The van der Waals surface area contributed by atoms with Crippen molar-refractivity contribution < 1.29 is 5.11 Å². The van der Waals surface area contributed by atoms with Gasteiger partial charge in [0.15, 0.2) is 0 Å². The summed E-state index contributed by atoms with van der Waals surface area (Å²) in [5, 5.41) is 9.37. The maximum absolute atomic E-state index is 8.81. The Kier molecular flexibility index (Phi) is 3.37. The Hall–Kier alpha value is 0.430. The molecule has 0 amide bonds. The van der Waals surface area contributed by atoms with Crippen LogP contribution >= 0.6 is 43.5 Å². The van der Waals surface area contributed by atoms with Crippen LogP contribution in [0.3, 0.4) is 0 Å². The number of hydrogen-bond donors (Lipinski definition) is 1. The van der Waals surface area contributed by atoms with E-state index in [-0.39, 0.29) is 6.61 Å². The quantitative estimate of drug-likeness (QED) is 0.789. The lowest BCUT2D eigenvalue weighted by atomic mass is 10.2. The zero-order valence-corrected chi connectivity index (χ0v) is 9.37. The molecule has 11 heavy (non-hydrogen) atoms. The van der Waals surface area contributed by atoms with Crippen LogP contribution in [-0.2, 0) is 6.61 Å². The molecule has 0 saturated carbocycles. The molecule has 1 nitrogen and oxygen atoms in total. The standard InChI is InChI=1S/C7H5Br2ClO/c8-5-2-1-4(3-11)7(10)6(5)9/h1-2,11H,3H2. The van der Waals surface area contributed by atoms with Gasteiger partial charge in [-0.1, -0.05) is 17.7 Å². The van der Waals surface area contributed by atoms with Gasteiger partial charge in [-0.25, -0.2) is 0 Å². The molecule has 4 heteroatoms. The van der Waals surface area contributed by atoms with Crippen LogP contribution in [0.1, 0.15) is 5.56 Å². The summed E-state index contributed by atoms with van der Waals surface area (Å²) >= 11 is 12.4. The highest BCUT2D eigenvalue weighted by Gasteiger charge is 2.05. The van der Waals surface area contributed by atoms with Crippen molar-refractivity contribution in [3.05, 3.63) is 31.7 Å². The highest BCUT2D eigenvalue weighted by Crippen LogP contribution is 2.33. The highest BCUT2D eigenvalue weighted by molar-refractivity contribution is 9.13. The molecule has 1 aromatic carbocycles. The normalized spacial score (nSPS) is 10.2. The Morgan fingerprint density at radius 3 is 2.55 bits per heavy atom. The summed E-state index contributed by atoms with van der Waals surface area (Å²) in [5.41, 5.74) is 0.724. The van der Waals surface area contributed by atoms with Crippen LogP contribution in [0.25, 0.3) is 0 Å². The maximum atomic E-state index is 8.81. The van der Waals surface area contributed by atoms with E-state index < -0.39 is 0 Å². The molecule has 0 aliphatic carbocycles. The Labute approximate surface area is 86.6 Å². The minimum Gasteiger partial charge on any atom is -0.392 e. The largest absolute Gasteiger partial charge is 0.392 e. The van der Waals surface area contributed by atoms with Gasteiger partial charge >= 0.3 is 0 Å². The van der Waals surface area contributed by atoms with Gasteiger partial charge in [-0.05, 0) is 43.5 Å². The van der Waals surface area contributed by atoms with Crippen LogP contribution in [0.5, 0.6) is 0 Å².